The highest BCUT2D eigenvalue weighted by Gasteiger charge is 2.12. The molecule has 0 bridgehead atoms. The molecule has 0 aromatic heterocycles. The Balaban J connectivity index is 2.98. The number of hydrogen-bond acceptors (Lipinski definition) is 0. The Morgan fingerprint density at radius 2 is 1.53 bits per heavy atom. The van der Waals surface area contributed by atoms with Gasteiger partial charge in [-0.1, -0.05) is 49.1 Å². The molecule has 0 N–H and O–H groups in total. The summed E-state index contributed by atoms with van der Waals surface area (Å²) in [4.78, 5) is 0. The standard InChI is InChI=1S/C15H12Br2/c1-3-7-11-10(4-2)14(16)12-8-5-6-9-13(12)15(11)17/h3-9H,2H2,1H3/b7-3-. The minimum Gasteiger partial charge on any atom is -0.0984 e. The molecule has 0 fully saturated rings. The Morgan fingerprint density at radius 1 is 1.00 bits per heavy atom. The molecule has 17 heavy (non-hydrogen) atoms. The molecule has 0 saturated carbocycles. The average molecular weight is 352 g/mol. The van der Waals surface area contributed by atoms with E-state index in [1.54, 1.807) is 0 Å². The first-order valence-electron chi connectivity index (χ1n) is 5.35. The summed E-state index contributed by atoms with van der Waals surface area (Å²) < 4.78 is 2.21. The van der Waals surface area contributed by atoms with E-state index in [9.17, 15) is 0 Å². The van der Waals surface area contributed by atoms with Gasteiger partial charge in [-0.25, -0.2) is 0 Å². The van der Waals surface area contributed by atoms with Crippen LogP contribution in [-0.2, 0) is 0 Å². The van der Waals surface area contributed by atoms with Gasteiger partial charge in [0.15, 0.2) is 0 Å². The highest BCUT2D eigenvalue weighted by molar-refractivity contribution is 9.11. The van der Waals surface area contributed by atoms with Crippen LogP contribution in [0.15, 0.2) is 45.9 Å². The lowest BCUT2D eigenvalue weighted by Crippen LogP contribution is -1.89. The van der Waals surface area contributed by atoms with Gasteiger partial charge in [0.2, 0.25) is 0 Å². The zero-order valence-electron chi connectivity index (χ0n) is 9.50. The molecule has 0 nitrogen and oxygen atoms in total. The van der Waals surface area contributed by atoms with E-state index in [4.69, 9.17) is 0 Å². The van der Waals surface area contributed by atoms with E-state index in [0.29, 0.717) is 0 Å². The lowest BCUT2D eigenvalue weighted by molar-refractivity contribution is 1.57. The second-order valence-electron chi connectivity index (χ2n) is 3.71. The molecule has 2 aromatic carbocycles. The zero-order chi connectivity index (χ0) is 12.4. The van der Waals surface area contributed by atoms with E-state index in [-0.39, 0.29) is 0 Å². The molecule has 2 rings (SSSR count). The molecule has 0 saturated heterocycles. The minimum absolute atomic E-state index is 1.10. The van der Waals surface area contributed by atoms with Crippen molar-refractivity contribution < 1.29 is 0 Å². The van der Waals surface area contributed by atoms with E-state index in [1.165, 1.54) is 10.8 Å². The van der Waals surface area contributed by atoms with Gasteiger partial charge in [-0.15, -0.1) is 0 Å². The summed E-state index contributed by atoms with van der Waals surface area (Å²) in [6, 6.07) is 8.31. The van der Waals surface area contributed by atoms with Crippen molar-refractivity contribution in [3.8, 4) is 0 Å². The van der Waals surface area contributed by atoms with E-state index in [0.717, 1.165) is 20.1 Å². The van der Waals surface area contributed by atoms with Crippen LogP contribution in [0.5, 0.6) is 0 Å². The molecule has 0 spiro atoms. The Morgan fingerprint density at radius 3 is 2.00 bits per heavy atom. The van der Waals surface area contributed by atoms with Crippen LogP contribution in [0.25, 0.3) is 22.9 Å². The Labute approximate surface area is 118 Å². The van der Waals surface area contributed by atoms with Crippen LogP contribution in [0.3, 0.4) is 0 Å². The predicted octanol–water partition coefficient (Wildman–Crippen LogP) is 6.04. The van der Waals surface area contributed by atoms with Gasteiger partial charge in [-0.2, -0.15) is 0 Å². The molecule has 2 aromatic rings. The largest absolute Gasteiger partial charge is 0.0984 e. The lowest BCUT2D eigenvalue weighted by Gasteiger charge is -2.12. The second kappa shape index (κ2) is 5.19. The molecule has 0 unspecified atom stereocenters. The third-order valence-corrected chi connectivity index (χ3v) is 4.41. The van der Waals surface area contributed by atoms with Gasteiger partial charge in [0.05, 0.1) is 0 Å². The SMILES string of the molecule is C=Cc1c(/C=C\C)c(Br)c2ccccc2c1Br. The molecule has 0 aliphatic carbocycles. The van der Waals surface area contributed by atoms with Gasteiger partial charge in [-0.3, -0.25) is 0 Å². The van der Waals surface area contributed by atoms with Gasteiger partial charge in [0.25, 0.3) is 0 Å². The number of fused-ring (bicyclic) bond motifs is 1. The van der Waals surface area contributed by atoms with Gasteiger partial charge in [0, 0.05) is 8.95 Å². The minimum atomic E-state index is 1.10. The fourth-order valence-electron chi connectivity index (χ4n) is 1.92. The Bertz CT molecular complexity index is 610. The fraction of sp³-hybridized carbons (Fsp3) is 0.0667. The normalized spacial score (nSPS) is 11.2. The third kappa shape index (κ3) is 2.12. The number of rotatable bonds is 2. The number of benzene rings is 2. The van der Waals surface area contributed by atoms with Crippen LogP contribution < -0.4 is 0 Å². The molecular formula is C15H12Br2. The first-order chi connectivity index (χ1) is 8.20. The summed E-state index contributed by atoms with van der Waals surface area (Å²) in [5.41, 5.74) is 2.28. The van der Waals surface area contributed by atoms with Gasteiger partial charge in [-0.05, 0) is 60.7 Å². The van der Waals surface area contributed by atoms with E-state index in [1.807, 2.05) is 31.2 Å². The highest BCUT2D eigenvalue weighted by atomic mass is 79.9. The fourth-order valence-corrected chi connectivity index (χ4v) is 3.33. The van der Waals surface area contributed by atoms with Crippen molar-refractivity contribution in [2.75, 3.05) is 0 Å². The van der Waals surface area contributed by atoms with Crippen molar-refractivity contribution in [2.24, 2.45) is 0 Å². The first-order valence-corrected chi connectivity index (χ1v) is 6.94. The van der Waals surface area contributed by atoms with Crippen molar-refractivity contribution in [3.63, 3.8) is 0 Å². The van der Waals surface area contributed by atoms with Crippen LogP contribution in [0.2, 0.25) is 0 Å². The highest BCUT2D eigenvalue weighted by Crippen LogP contribution is 2.38. The van der Waals surface area contributed by atoms with E-state index >= 15 is 0 Å². The van der Waals surface area contributed by atoms with Gasteiger partial charge in [0.1, 0.15) is 0 Å². The molecule has 0 atom stereocenters. The summed E-state index contributed by atoms with van der Waals surface area (Å²) in [6.07, 6.45) is 6.02. The Hall–Kier alpha value is -0.860. The Kier molecular flexibility index (Phi) is 3.85. The first kappa shape index (κ1) is 12.6. The predicted molar refractivity (Wildman–Crippen MR) is 84.1 cm³/mol. The summed E-state index contributed by atoms with van der Waals surface area (Å²) in [6.45, 7) is 5.91. The third-order valence-electron chi connectivity index (χ3n) is 2.70. The van der Waals surface area contributed by atoms with Crippen LogP contribution >= 0.6 is 31.9 Å². The van der Waals surface area contributed by atoms with Crippen LogP contribution in [0.1, 0.15) is 18.1 Å². The van der Waals surface area contributed by atoms with Crippen molar-refractivity contribution in [1.29, 1.82) is 0 Å². The molecular weight excluding hydrogens is 340 g/mol. The molecule has 0 aliphatic rings. The maximum absolute atomic E-state index is 3.90. The molecule has 0 aliphatic heterocycles. The summed E-state index contributed by atoms with van der Waals surface area (Å²) in [5, 5.41) is 2.40. The molecule has 86 valence electrons. The van der Waals surface area contributed by atoms with Crippen LogP contribution in [0, 0.1) is 0 Å². The van der Waals surface area contributed by atoms with Crippen molar-refractivity contribution in [1.82, 2.24) is 0 Å². The van der Waals surface area contributed by atoms with Crippen molar-refractivity contribution in [3.05, 3.63) is 57.0 Å². The smallest absolute Gasteiger partial charge is 0.0332 e. The monoisotopic (exact) mass is 350 g/mol. The maximum Gasteiger partial charge on any atom is 0.0332 e. The van der Waals surface area contributed by atoms with Crippen molar-refractivity contribution >= 4 is 54.8 Å². The summed E-state index contributed by atoms with van der Waals surface area (Å²) in [7, 11) is 0. The quantitative estimate of drug-likeness (QED) is 0.618. The number of hydrogen-bond donors (Lipinski definition) is 0. The molecule has 0 radical (unpaired) electrons. The molecule has 0 heterocycles. The van der Waals surface area contributed by atoms with Gasteiger partial charge >= 0.3 is 0 Å². The second-order valence-corrected chi connectivity index (χ2v) is 5.29. The molecule has 2 heteroatoms. The van der Waals surface area contributed by atoms with E-state index < -0.39 is 0 Å². The number of halogens is 2. The average Bonchev–Trinajstić information content (AvgIpc) is 2.36. The summed E-state index contributed by atoms with van der Waals surface area (Å²) in [5.74, 6) is 0. The van der Waals surface area contributed by atoms with Crippen LogP contribution in [0.4, 0.5) is 0 Å². The van der Waals surface area contributed by atoms with E-state index in [2.05, 4.69) is 56.6 Å². The topological polar surface area (TPSA) is 0 Å². The van der Waals surface area contributed by atoms with Gasteiger partial charge < -0.3 is 0 Å². The summed E-state index contributed by atoms with van der Waals surface area (Å²) >= 11 is 7.36. The lowest BCUT2D eigenvalue weighted by atomic mass is 10.0. The maximum atomic E-state index is 3.90. The van der Waals surface area contributed by atoms with Crippen LogP contribution in [-0.4, -0.2) is 0 Å². The molecule has 0 amide bonds. The van der Waals surface area contributed by atoms with Crippen molar-refractivity contribution in [2.45, 2.75) is 6.92 Å². The number of allylic oxidation sites excluding steroid dienone is 1. The zero-order valence-corrected chi connectivity index (χ0v) is 12.7.